The molecule has 1 aliphatic rings. The van der Waals surface area contributed by atoms with Crippen LogP contribution in [0.2, 0.25) is 0 Å². The summed E-state index contributed by atoms with van der Waals surface area (Å²) in [6.07, 6.45) is -3.67. The van der Waals surface area contributed by atoms with Gasteiger partial charge in [0, 0.05) is 17.9 Å². The number of carbonyl (C=O) groups excluding carboxylic acids is 2. The maximum Gasteiger partial charge on any atom is 0.416 e. The van der Waals surface area contributed by atoms with Crippen molar-refractivity contribution in [1.82, 2.24) is 10.2 Å². The molecule has 2 amide bonds. The van der Waals surface area contributed by atoms with Gasteiger partial charge in [0.05, 0.1) is 5.56 Å². The topological polar surface area (TPSA) is 49.4 Å². The number of rotatable bonds is 5. The zero-order chi connectivity index (χ0) is 21.9. The highest BCUT2D eigenvalue weighted by atomic mass is 32.2. The molecule has 160 valence electrons. The molecule has 2 atom stereocenters. The monoisotopic (exact) mass is 436 g/mol. The van der Waals surface area contributed by atoms with Crippen LogP contribution in [0.4, 0.5) is 13.2 Å². The Kier molecular flexibility index (Phi) is 6.75. The van der Waals surface area contributed by atoms with Gasteiger partial charge in [-0.25, -0.2) is 0 Å². The van der Waals surface area contributed by atoms with Gasteiger partial charge in [0.1, 0.15) is 11.4 Å². The number of amides is 2. The molecule has 0 aliphatic carbocycles. The number of alkyl halides is 3. The number of thioether (sulfide) groups is 1. The lowest BCUT2D eigenvalue weighted by Crippen LogP contribution is -2.48. The Morgan fingerprint density at radius 3 is 2.40 bits per heavy atom. The maximum atomic E-state index is 13.4. The summed E-state index contributed by atoms with van der Waals surface area (Å²) in [5.74, 6) is -0.181. The molecule has 1 N–H and O–H groups in total. The number of carbonyl (C=O) groups is 2. The highest BCUT2D eigenvalue weighted by Crippen LogP contribution is 2.43. The van der Waals surface area contributed by atoms with E-state index in [1.807, 2.05) is 26.0 Å². The molecule has 1 saturated heterocycles. The lowest BCUT2D eigenvalue weighted by Gasteiger charge is -2.30. The first-order valence-electron chi connectivity index (χ1n) is 9.68. The second kappa shape index (κ2) is 9.12. The summed E-state index contributed by atoms with van der Waals surface area (Å²) < 4.78 is 38.8. The molecule has 30 heavy (non-hydrogen) atoms. The summed E-state index contributed by atoms with van der Waals surface area (Å²) in [6, 6.07) is 11.2. The fraction of sp³-hybridized carbons (Fsp3) is 0.364. The van der Waals surface area contributed by atoms with E-state index >= 15 is 0 Å². The van der Waals surface area contributed by atoms with E-state index in [2.05, 4.69) is 5.32 Å². The molecule has 0 aromatic heterocycles. The van der Waals surface area contributed by atoms with E-state index in [0.29, 0.717) is 23.4 Å². The summed E-state index contributed by atoms with van der Waals surface area (Å²) in [5, 5.41) is 2.29. The van der Waals surface area contributed by atoms with E-state index < -0.39 is 23.2 Å². The normalized spacial score (nSPS) is 19.0. The minimum atomic E-state index is -4.43. The van der Waals surface area contributed by atoms with Crippen LogP contribution in [0.5, 0.6) is 0 Å². The zero-order valence-corrected chi connectivity index (χ0v) is 17.5. The molecular formula is C22H23F3N2O2S. The quantitative estimate of drug-likeness (QED) is 0.733. The van der Waals surface area contributed by atoms with Crippen molar-refractivity contribution in [3.05, 3.63) is 70.8 Å². The molecule has 8 heteroatoms. The predicted molar refractivity (Wildman–Crippen MR) is 111 cm³/mol. The fourth-order valence-electron chi connectivity index (χ4n) is 3.37. The molecule has 0 saturated carbocycles. The first-order chi connectivity index (χ1) is 14.2. The third-order valence-electron chi connectivity index (χ3n) is 4.99. The van der Waals surface area contributed by atoms with E-state index in [1.54, 1.807) is 12.1 Å². The largest absolute Gasteiger partial charge is 0.416 e. The molecular weight excluding hydrogens is 413 g/mol. The van der Waals surface area contributed by atoms with Crippen molar-refractivity contribution in [3.8, 4) is 0 Å². The number of hydrogen-bond acceptors (Lipinski definition) is 3. The van der Waals surface area contributed by atoms with Crippen LogP contribution in [-0.4, -0.2) is 35.1 Å². The van der Waals surface area contributed by atoms with Crippen molar-refractivity contribution in [2.45, 2.75) is 37.9 Å². The Balaban J connectivity index is 1.96. The Hall–Kier alpha value is -2.48. The lowest BCUT2D eigenvalue weighted by molar-refractivity contribution is -0.137. The molecule has 1 fully saturated rings. The first kappa shape index (κ1) is 22.2. The average molecular weight is 436 g/mol. The summed E-state index contributed by atoms with van der Waals surface area (Å²) in [7, 11) is 0. The van der Waals surface area contributed by atoms with Gasteiger partial charge in [0.15, 0.2) is 0 Å². The Bertz CT molecular complexity index is 915. The zero-order valence-electron chi connectivity index (χ0n) is 16.7. The molecule has 2 aromatic rings. The minimum absolute atomic E-state index is 0.249. The van der Waals surface area contributed by atoms with Crippen molar-refractivity contribution < 1.29 is 22.8 Å². The summed E-state index contributed by atoms with van der Waals surface area (Å²) in [5.41, 5.74) is 1.06. The van der Waals surface area contributed by atoms with Gasteiger partial charge in [-0.15, -0.1) is 11.8 Å². The molecule has 2 unspecified atom stereocenters. The van der Waals surface area contributed by atoms with Crippen LogP contribution in [0.25, 0.3) is 0 Å². The van der Waals surface area contributed by atoms with Gasteiger partial charge in [-0.1, -0.05) is 37.3 Å². The van der Waals surface area contributed by atoms with Crippen LogP contribution in [0.15, 0.2) is 48.5 Å². The van der Waals surface area contributed by atoms with Crippen molar-refractivity contribution in [3.63, 3.8) is 0 Å². The first-order valence-corrected chi connectivity index (χ1v) is 10.7. The second-order valence-electron chi connectivity index (χ2n) is 7.14. The van der Waals surface area contributed by atoms with Crippen LogP contribution in [-0.2, 0) is 11.0 Å². The van der Waals surface area contributed by atoms with Gasteiger partial charge >= 0.3 is 6.18 Å². The Labute approximate surface area is 177 Å². The Morgan fingerprint density at radius 2 is 1.80 bits per heavy atom. The van der Waals surface area contributed by atoms with E-state index in [0.717, 1.165) is 24.1 Å². The fourth-order valence-corrected chi connectivity index (χ4v) is 4.80. The van der Waals surface area contributed by atoms with Crippen molar-refractivity contribution in [1.29, 1.82) is 0 Å². The SMILES string of the molecule is CCCNC(=O)C1CSC(c2ccc(C(F)(F)F)cc2)N1C(=O)c1ccccc1C. The number of halogens is 3. The molecule has 1 heterocycles. The van der Waals surface area contributed by atoms with Crippen molar-refractivity contribution in [2.24, 2.45) is 0 Å². The number of aryl methyl sites for hydroxylation is 1. The molecule has 1 aliphatic heterocycles. The number of nitrogens with one attached hydrogen (secondary N) is 1. The van der Waals surface area contributed by atoms with E-state index in [9.17, 15) is 22.8 Å². The summed E-state index contributed by atoms with van der Waals surface area (Å²) in [6.45, 7) is 4.25. The van der Waals surface area contributed by atoms with Gasteiger partial charge in [0.25, 0.3) is 5.91 Å². The molecule has 4 nitrogen and oxygen atoms in total. The average Bonchev–Trinajstić information content (AvgIpc) is 3.16. The van der Waals surface area contributed by atoms with Gasteiger partial charge in [-0.2, -0.15) is 13.2 Å². The highest BCUT2D eigenvalue weighted by Gasteiger charge is 2.43. The van der Waals surface area contributed by atoms with Gasteiger partial charge < -0.3 is 10.2 Å². The maximum absolute atomic E-state index is 13.4. The van der Waals surface area contributed by atoms with Crippen LogP contribution in [0.1, 0.15) is 45.8 Å². The van der Waals surface area contributed by atoms with Crippen molar-refractivity contribution in [2.75, 3.05) is 12.3 Å². The molecule has 0 bridgehead atoms. The molecule has 2 aromatic carbocycles. The van der Waals surface area contributed by atoms with E-state index in [1.165, 1.54) is 28.8 Å². The predicted octanol–water partition coefficient (Wildman–Crippen LogP) is 4.80. The van der Waals surface area contributed by atoms with Gasteiger partial charge in [-0.3, -0.25) is 9.59 Å². The lowest BCUT2D eigenvalue weighted by atomic mass is 10.0. The summed E-state index contributed by atoms with van der Waals surface area (Å²) >= 11 is 1.38. The van der Waals surface area contributed by atoms with Crippen LogP contribution in [0.3, 0.4) is 0 Å². The third-order valence-corrected chi connectivity index (χ3v) is 6.31. The highest BCUT2D eigenvalue weighted by molar-refractivity contribution is 7.99. The van der Waals surface area contributed by atoms with Crippen LogP contribution >= 0.6 is 11.8 Å². The summed E-state index contributed by atoms with van der Waals surface area (Å²) in [4.78, 5) is 27.7. The van der Waals surface area contributed by atoms with E-state index in [4.69, 9.17) is 0 Å². The van der Waals surface area contributed by atoms with Gasteiger partial charge in [-0.05, 0) is 42.7 Å². The van der Waals surface area contributed by atoms with Crippen LogP contribution < -0.4 is 5.32 Å². The molecule has 0 radical (unpaired) electrons. The van der Waals surface area contributed by atoms with Crippen LogP contribution in [0, 0.1) is 6.92 Å². The second-order valence-corrected chi connectivity index (χ2v) is 8.25. The van der Waals surface area contributed by atoms with E-state index in [-0.39, 0.29) is 11.8 Å². The number of benzene rings is 2. The minimum Gasteiger partial charge on any atom is -0.354 e. The standard InChI is InChI=1S/C22H23F3N2O2S/c1-3-12-26-19(28)18-13-30-21(15-8-10-16(11-9-15)22(23,24)25)27(18)20(29)17-7-5-4-6-14(17)2/h4-11,18,21H,3,12-13H2,1-2H3,(H,26,28). The molecule has 0 spiro atoms. The smallest absolute Gasteiger partial charge is 0.354 e. The molecule has 3 rings (SSSR count). The van der Waals surface area contributed by atoms with Gasteiger partial charge in [0.2, 0.25) is 5.91 Å². The number of hydrogen-bond donors (Lipinski definition) is 1. The number of nitrogens with zero attached hydrogens (tertiary/aromatic N) is 1. The third kappa shape index (κ3) is 4.64. The Morgan fingerprint density at radius 1 is 1.13 bits per heavy atom. The van der Waals surface area contributed by atoms with Crippen molar-refractivity contribution >= 4 is 23.6 Å².